The Morgan fingerprint density at radius 2 is 1.21 bits per heavy atom. The fraction of sp³-hybridized carbons (Fsp3) is 0.636. The van der Waals surface area contributed by atoms with Crippen LogP contribution in [0.25, 0.3) is 0 Å². The molecule has 2 N–H and O–H groups in total. The van der Waals surface area contributed by atoms with Gasteiger partial charge >= 0.3 is 23.8 Å². The Kier molecular flexibility index (Phi) is 7.90. The molecule has 19 heavy (non-hydrogen) atoms. The number of nitrogens with one attached hydrogen (secondary N) is 2. The summed E-state index contributed by atoms with van der Waals surface area (Å²) in [6.45, 7) is 4.91. The first-order valence-corrected chi connectivity index (χ1v) is 5.91. The highest BCUT2D eigenvalue weighted by Gasteiger charge is 2.22. The maximum atomic E-state index is 11.3. The van der Waals surface area contributed by atoms with E-state index in [1.807, 2.05) is 0 Å². The number of carbonyl (C=O) groups is 4. The summed E-state index contributed by atoms with van der Waals surface area (Å²) in [5.74, 6) is -4.08. The van der Waals surface area contributed by atoms with Crippen molar-refractivity contribution in [3.63, 3.8) is 0 Å². The standard InChI is InChI=1S/C11H18N2O6/c1-4-7(12-8(14)10(16)18-5-2)13-9(15)11(17)19-6-3/h7H,4-6H2,1-3H3,(H,12,14)(H,13,15). The van der Waals surface area contributed by atoms with E-state index in [-0.39, 0.29) is 19.6 Å². The molecular weight excluding hydrogens is 256 g/mol. The zero-order valence-electron chi connectivity index (χ0n) is 11.1. The average molecular weight is 274 g/mol. The number of hydrogen-bond acceptors (Lipinski definition) is 6. The Bertz CT molecular complexity index is 323. The van der Waals surface area contributed by atoms with Crippen LogP contribution in [0.15, 0.2) is 0 Å². The van der Waals surface area contributed by atoms with Crippen molar-refractivity contribution in [2.24, 2.45) is 0 Å². The van der Waals surface area contributed by atoms with Gasteiger partial charge in [-0.15, -0.1) is 0 Å². The number of carbonyl (C=O) groups excluding carboxylic acids is 4. The number of esters is 2. The van der Waals surface area contributed by atoms with Crippen LogP contribution in [0.2, 0.25) is 0 Å². The lowest BCUT2D eigenvalue weighted by atomic mass is 10.3. The van der Waals surface area contributed by atoms with Crippen molar-refractivity contribution in [3.8, 4) is 0 Å². The number of hydrogen-bond donors (Lipinski definition) is 2. The molecule has 0 fully saturated rings. The van der Waals surface area contributed by atoms with E-state index >= 15 is 0 Å². The van der Waals surface area contributed by atoms with Gasteiger partial charge in [-0.3, -0.25) is 9.59 Å². The second kappa shape index (κ2) is 8.90. The van der Waals surface area contributed by atoms with Crippen LogP contribution in [0.4, 0.5) is 0 Å². The zero-order chi connectivity index (χ0) is 14.8. The molecule has 0 heterocycles. The number of ether oxygens (including phenoxy) is 2. The predicted octanol–water partition coefficient (Wildman–Crippen LogP) is -0.919. The van der Waals surface area contributed by atoms with Gasteiger partial charge in [0.2, 0.25) is 0 Å². The van der Waals surface area contributed by atoms with Crippen LogP contribution >= 0.6 is 0 Å². The van der Waals surface area contributed by atoms with Crippen molar-refractivity contribution in [2.75, 3.05) is 13.2 Å². The van der Waals surface area contributed by atoms with Gasteiger partial charge in [0, 0.05) is 0 Å². The molecule has 0 bridgehead atoms. The first-order valence-electron chi connectivity index (χ1n) is 5.91. The van der Waals surface area contributed by atoms with Crippen molar-refractivity contribution in [1.82, 2.24) is 10.6 Å². The highest BCUT2D eigenvalue weighted by molar-refractivity contribution is 6.33. The molecule has 0 unspecified atom stereocenters. The lowest BCUT2D eigenvalue weighted by Gasteiger charge is -2.17. The van der Waals surface area contributed by atoms with Gasteiger partial charge in [0.15, 0.2) is 0 Å². The minimum Gasteiger partial charge on any atom is -0.459 e. The summed E-state index contributed by atoms with van der Waals surface area (Å²) in [6, 6.07) is 0. The van der Waals surface area contributed by atoms with Crippen LogP contribution in [0, 0.1) is 0 Å². The second-order valence-corrected chi connectivity index (χ2v) is 3.35. The van der Waals surface area contributed by atoms with Gasteiger partial charge in [-0.25, -0.2) is 9.59 Å². The molecule has 8 heteroatoms. The molecule has 2 amide bonds. The van der Waals surface area contributed by atoms with E-state index in [0.29, 0.717) is 0 Å². The van der Waals surface area contributed by atoms with Crippen LogP contribution in [-0.2, 0) is 28.7 Å². The molecule has 0 saturated carbocycles. The zero-order valence-corrected chi connectivity index (χ0v) is 11.1. The van der Waals surface area contributed by atoms with Gasteiger partial charge in [0.25, 0.3) is 0 Å². The van der Waals surface area contributed by atoms with Crippen molar-refractivity contribution in [2.45, 2.75) is 33.4 Å². The van der Waals surface area contributed by atoms with E-state index in [1.54, 1.807) is 20.8 Å². The Balaban J connectivity index is 4.36. The Labute approximate surface area is 110 Å². The second-order valence-electron chi connectivity index (χ2n) is 3.35. The number of rotatable bonds is 5. The van der Waals surface area contributed by atoms with E-state index in [9.17, 15) is 19.2 Å². The summed E-state index contributed by atoms with van der Waals surface area (Å²) in [5.41, 5.74) is 0. The van der Waals surface area contributed by atoms with E-state index in [0.717, 1.165) is 0 Å². The molecule has 0 radical (unpaired) electrons. The van der Waals surface area contributed by atoms with Crippen molar-refractivity contribution < 1.29 is 28.7 Å². The fourth-order valence-electron chi connectivity index (χ4n) is 1.07. The van der Waals surface area contributed by atoms with Crippen molar-refractivity contribution in [3.05, 3.63) is 0 Å². The molecular formula is C11H18N2O6. The molecule has 8 nitrogen and oxygen atoms in total. The summed E-state index contributed by atoms with van der Waals surface area (Å²) in [4.78, 5) is 44.8. The molecule has 0 aromatic carbocycles. The molecule has 0 aromatic rings. The summed E-state index contributed by atoms with van der Waals surface area (Å²) < 4.78 is 8.97. The van der Waals surface area contributed by atoms with Gasteiger partial charge < -0.3 is 20.1 Å². The van der Waals surface area contributed by atoms with Gasteiger partial charge in [0.1, 0.15) is 6.17 Å². The largest absolute Gasteiger partial charge is 0.459 e. The molecule has 0 rings (SSSR count). The third-order valence-corrected chi connectivity index (χ3v) is 1.94. The Morgan fingerprint density at radius 3 is 1.47 bits per heavy atom. The van der Waals surface area contributed by atoms with E-state index in [2.05, 4.69) is 20.1 Å². The SMILES string of the molecule is CCOC(=O)C(=O)NC(CC)NC(=O)C(=O)OCC. The molecule has 0 spiro atoms. The molecule has 0 aliphatic carbocycles. The molecule has 0 aromatic heterocycles. The normalized spacial score (nSPS) is 9.68. The summed E-state index contributed by atoms with van der Waals surface area (Å²) in [5, 5.41) is 4.45. The van der Waals surface area contributed by atoms with Crippen LogP contribution in [0.5, 0.6) is 0 Å². The highest BCUT2D eigenvalue weighted by atomic mass is 16.5. The van der Waals surface area contributed by atoms with Crippen LogP contribution < -0.4 is 10.6 Å². The summed E-state index contributed by atoms with van der Waals surface area (Å²) >= 11 is 0. The summed E-state index contributed by atoms with van der Waals surface area (Å²) in [6.07, 6.45) is -0.565. The predicted molar refractivity (Wildman–Crippen MR) is 63.6 cm³/mol. The molecule has 0 aliphatic rings. The minimum atomic E-state index is -1.05. The van der Waals surface area contributed by atoms with E-state index in [4.69, 9.17) is 0 Å². The highest BCUT2D eigenvalue weighted by Crippen LogP contribution is 1.89. The third kappa shape index (κ3) is 6.39. The quantitative estimate of drug-likeness (QED) is 0.381. The van der Waals surface area contributed by atoms with Gasteiger partial charge in [-0.05, 0) is 20.3 Å². The van der Waals surface area contributed by atoms with Gasteiger partial charge in [-0.2, -0.15) is 0 Å². The summed E-state index contributed by atoms with van der Waals surface area (Å²) in [7, 11) is 0. The topological polar surface area (TPSA) is 111 Å². The first-order chi connectivity index (χ1) is 8.96. The monoisotopic (exact) mass is 274 g/mol. The lowest BCUT2D eigenvalue weighted by molar-refractivity contribution is -0.156. The Hall–Kier alpha value is -2.12. The van der Waals surface area contributed by atoms with Crippen molar-refractivity contribution >= 4 is 23.8 Å². The van der Waals surface area contributed by atoms with Gasteiger partial charge in [0.05, 0.1) is 13.2 Å². The van der Waals surface area contributed by atoms with Crippen molar-refractivity contribution in [1.29, 1.82) is 0 Å². The molecule has 108 valence electrons. The first kappa shape index (κ1) is 16.9. The minimum absolute atomic E-state index is 0.0677. The molecule has 0 aliphatic heterocycles. The van der Waals surface area contributed by atoms with Crippen LogP contribution in [0.3, 0.4) is 0 Å². The fourth-order valence-corrected chi connectivity index (χ4v) is 1.07. The Morgan fingerprint density at radius 1 is 0.842 bits per heavy atom. The maximum Gasteiger partial charge on any atom is 0.396 e. The van der Waals surface area contributed by atoms with E-state index < -0.39 is 29.9 Å². The smallest absolute Gasteiger partial charge is 0.396 e. The number of amides is 2. The third-order valence-electron chi connectivity index (χ3n) is 1.94. The van der Waals surface area contributed by atoms with Crippen LogP contribution in [-0.4, -0.2) is 43.1 Å². The maximum absolute atomic E-state index is 11.3. The molecule has 0 atom stereocenters. The lowest BCUT2D eigenvalue weighted by Crippen LogP contribution is -2.51. The average Bonchev–Trinajstić information content (AvgIpc) is 2.38. The molecule has 0 saturated heterocycles. The van der Waals surface area contributed by atoms with Crippen LogP contribution in [0.1, 0.15) is 27.2 Å². The van der Waals surface area contributed by atoms with E-state index in [1.165, 1.54) is 0 Å². The van der Waals surface area contributed by atoms with Gasteiger partial charge in [-0.1, -0.05) is 6.92 Å².